The number of hydrogen-bond donors (Lipinski definition) is 7. The summed E-state index contributed by atoms with van der Waals surface area (Å²) < 4.78 is 23.5. The van der Waals surface area contributed by atoms with Gasteiger partial charge in [-0.1, -0.05) is 81.4 Å². The Kier molecular flexibility index (Phi) is 15.2. The van der Waals surface area contributed by atoms with Crippen LogP contribution >= 0.6 is 0 Å². The molecule has 0 saturated heterocycles. The van der Waals surface area contributed by atoms with Crippen molar-refractivity contribution in [1.29, 1.82) is 0 Å². The molecule has 0 aromatic heterocycles. The third kappa shape index (κ3) is 9.71. The van der Waals surface area contributed by atoms with Gasteiger partial charge in [-0.3, -0.25) is 19.2 Å². The first-order valence-electron chi connectivity index (χ1n) is 20.7. The molecule has 7 N–H and O–H groups in total. The van der Waals surface area contributed by atoms with Gasteiger partial charge < -0.3 is 59.7 Å². The van der Waals surface area contributed by atoms with Gasteiger partial charge in [0.1, 0.15) is 35.9 Å². The maximum absolute atomic E-state index is 14.5. The first-order valence-corrected chi connectivity index (χ1v) is 20.7. The normalized spacial score (nSPS) is 28.5. The largest absolute Gasteiger partial charge is 0.507 e. The Hall–Kier alpha value is -6.43. The van der Waals surface area contributed by atoms with E-state index in [2.05, 4.69) is 10.5 Å². The number of amides is 1. The number of nitrogens with zero attached hydrogens (tertiary/aromatic N) is 1. The number of methoxy groups -OCH3 is 1. The number of carboxylic acids is 1. The smallest absolute Gasteiger partial charge is 0.314 e. The number of hydrogen-bond acceptors (Lipinski definition) is 15. The SMILES string of the molecule is CO[C@H]1C=CO[C@@]2(C)Oc3c(C)c(O)c4c(O)c(c(/C=N/OCC(C(=O)O)c5ccccc5)c(O)c4c3C2=O)NC(=O)/C(C)=C\C=C/[C@H](C)[C@H](O)[C@@H](C)[C@@H](O)[C@@H](C)[C@H](OC(C)=O)[C@@H]1C. The number of carbonyl (C=O) groups excluding carboxylic acids is 3. The van der Waals surface area contributed by atoms with Crippen LogP contribution in [0.3, 0.4) is 0 Å². The Morgan fingerprint density at radius 3 is 2.23 bits per heavy atom. The number of ketones is 1. The molecule has 3 aromatic carbocycles. The van der Waals surface area contributed by atoms with Gasteiger partial charge in [0.15, 0.2) is 5.75 Å². The van der Waals surface area contributed by atoms with E-state index < -0.39 is 129 Å². The Morgan fingerprint density at radius 2 is 1.61 bits per heavy atom. The Labute approximate surface area is 370 Å². The highest BCUT2D eigenvalue weighted by Gasteiger charge is 2.50. The van der Waals surface area contributed by atoms with Crippen LogP contribution in [0.15, 0.2) is 71.6 Å². The van der Waals surface area contributed by atoms with Crippen molar-refractivity contribution in [3.63, 3.8) is 0 Å². The number of phenols is 3. The van der Waals surface area contributed by atoms with Gasteiger partial charge in [0, 0.05) is 61.2 Å². The molecule has 17 heteroatoms. The van der Waals surface area contributed by atoms with Gasteiger partial charge in [-0.05, 0) is 25.5 Å². The first-order chi connectivity index (χ1) is 30.2. The number of aliphatic hydroxyl groups is 2. The predicted octanol–water partition coefficient (Wildman–Crippen LogP) is 5.97. The van der Waals surface area contributed by atoms with E-state index >= 15 is 0 Å². The van der Waals surface area contributed by atoms with Gasteiger partial charge in [-0.25, -0.2) is 0 Å². The fraction of sp³-hybridized carbons (Fsp3) is 0.426. The highest BCUT2D eigenvalue weighted by Crippen LogP contribution is 2.55. The number of aliphatic carboxylic acids is 1. The first kappa shape index (κ1) is 48.6. The van der Waals surface area contributed by atoms with Crippen molar-refractivity contribution in [2.45, 2.75) is 91.5 Å². The number of phenolic OH excluding ortho intramolecular Hbond substituents is 3. The molecule has 0 spiro atoms. The number of ether oxygens (including phenoxy) is 4. The summed E-state index contributed by atoms with van der Waals surface area (Å²) >= 11 is 0. The number of anilines is 1. The molecule has 64 heavy (non-hydrogen) atoms. The summed E-state index contributed by atoms with van der Waals surface area (Å²) in [5, 5.41) is 73.9. The van der Waals surface area contributed by atoms with Crippen LogP contribution in [0.4, 0.5) is 5.69 Å². The number of fused-ring (bicyclic) bond motifs is 14. The van der Waals surface area contributed by atoms with Crippen molar-refractivity contribution in [2.24, 2.45) is 28.8 Å². The summed E-state index contributed by atoms with van der Waals surface area (Å²) in [5.74, 6) is -11.8. The van der Waals surface area contributed by atoms with Crippen LogP contribution in [0.5, 0.6) is 23.0 Å². The Balaban J connectivity index is 1.68. The lowest BCUT2D eigenvalue weighted by Crippen LogP contribution is -2.46. The molecular formula is C47H56N2O15. The van der Waals surface area contributed by atoms with Gasteiger partial charge >= 0.3 is 17.7 Å². The number of aromatic hydroxyl groups is 3. The van der Waals surface area contributed by atoms with Crippen LogP contribution in [0, 0.1) is 30.6 Å². The fourth-order valence-electron chi connectivity index (χ4n) is 8.08. The van der Waals surface area contributed by atoms with E-state index in [1.807, 2.05) is 0 Å². The summed E-state index contributed by atoms with van der Waals surface area (Å²) in [7, 11) is 1.40. The van der Waals surface area contributed by atoms with Gasteiger partial charge in [0.2, 0.25) is 0 Å². The number of esters is 1. The van der Waals surface area contributed by atoms with Crippen LogP contribution < -0.4 is 10.1 Å². The van der Waals surface area contributed by atoms with Crippen molar-refractivity contribution in [3.05, 3.63) is 88.7 Å². The average Bonchev–Trinajstić information content (AvgIpc) is 3.52. The highest BCUT2D eigenvalue weighted by atomic mass is 16.7. The molecule has 3 aliphatic heterocycles. The summed E-state index contributed by atoms with van der Waals surface area (Å²) in [6.45, 7) is 11.7. The molecule has 1 unspecified atom stereocenters. The quantitative estimate of drug-likeness (QED) is 0.0452. The van der Waals surface area contributed by atoms with Crippen molar-refractivity contribution < 1.29 is 73.6 Å². The minimum absolute atomic E-state index is 0.0260. The second-order valence-corrected chi connectivity index (χ2v) is 16.4. The van der Waals surface area contributed by atoms with Crippen molar-refractivity contribution >= 4 is 46.3 Å². The van der Waals surface area contributed by atoms with E-state index in [1.165, 1.54) is 53.0 Å². The van der Waals surface area contributed by atoms with Gasteiger partial charge in [0.05, 0.1) is 53.0 Å². The number of nitrogens with one attached hydrogen (secondary N) is 1. The van der Waals surface area contributed by atoms with Crippen molar-refractivity contribution in [1.82, 2.24) is 0 Å². The zero-order valence-corrected chi connectivity index (χ0v) is 37.1. The lowest BCUT2D eigenvalue weighted by molar-refractivity contribution is -0.160. The second kappa shape index (κ2) is 20.0. The number of carbonyl (C=O) groups is 4. The minimum atomic E-state index is -2.13. The zero-order valence-electron chi connectivity index (χ0n) is 37.1. The van der Waals surface area contributed by atoms with Crippen molar-refractivity contribution in [2.75, 3.05) is 19.0 Å². The van der Waals surface area contributed by atoms with Crippen LogP contribution in [0.2, 0.25) is 0 Å². The van der Waals surface area contributed by atoms with Crippen LogP contribution in [-0.4, -0.2) is 104 Å². The Morgan fingerprint density at radius 1 is 0.938 bits per heavy atom. The number of oxime groups is 1. The van der Waals surface area contributed by atoms with E-state index in [0.29, 0.717) is 5.56 Å². The molecule has 5 bridgehead atoms. The maximum Gasteiger partial charge on any atom is 0.314 e. The molecule has 1 amide bonds. The standard InChI is InChI=1S/C47H56N2O15/c1-22-14-13-15-23(2)45(57)49-36-30(20-48-62-21-31(46(58)59)29-16-11-10-12-17-29)40(54)33-34(41(36)55)39(53)27(6)43-35(33)44(56)47(8,64-43)61-19-18-32(60-9)24(3)42(63-28(7)50)26(5)38(52)25(4)37(22)51/h10-20,22,24-26,31-32,37-38,42,51-55H,21H2,1-9H3,(H,49,57)(H,58,59)/b14-13-,19-18?,23-15-,48-20+/t22-,24+,25+,26+,31?,32-,37-,38+,42+,47-/m0/s1. The summed E-state index contributed by atoms with van der Waals surface area (Å²) in [6.07, 6.45) is 4.01. The number of rotatable bonds is 8. The minimum Gasteiger partial charge on any atom is -0.507 e. The molecular weight excluding hydrogens is 833 g/mol. The van der Waals surface area contributed by atoms with E-state index in [-0.39, 0.29) is 22.4 Å². The number of Topliss-reactive ketones (excluding diaryl/α,β-unsaturated/α-hetero) is 1. The third-order valence-electron chi connectivity index (χ3n) is 12.0. The average molecular weight is 889 g/mol. The van der Waals surface area contributed by atoms with Gasteiger partial charge in [-0.15, -0.1) is 0 Å². The van der Waals surface area contributed by atoms with Crippen LogP contribution in [0.25, 0.3) is 10.8 Å². The zero-order chi connectivity index (χ0) is 47.4. The predicted molar refractivity (Wildman–Crippen MR) is 234 cm³/mol. The Bertz CT molecular complexity index is 2390. The molecule has 0 aliphatic carbocycles. The highest BCUT2D eigenvalue weighted by molar-refractivity contribution is 6.23. The van der Waals surface area contributed by atoms with E-state index in [4.69, 9.17) is 23.8 Å². The van der Waals surface area contributed by atoms with Gasteiger partial charge in [-0.2, -0.15) is 0 Å². The number of allylic oxidation sites excluding steroid dienone is 2. The van der Waals surface area contributed by atoms with E-state index in [0.717, 1.165) is 12.5 Å². The summed E-state index contributed by atoms with van der Waals surface area (Å²) in [6, 6.07) is 8.24. The second-order valence-electron chi connectivity index (χ2n) is 16.4. The molecule has 6 rings (SSSR count). The third-order valence-corrected chi connectivity index (χ3v) is 12.0. The molecule has 0 fully saturated rings. The van der Waals surface area contributed by atoms with Crippen molar-refractivity contribution in [3.8, 4) is 23.0 Å². The molecule has 17 nitrogen and oxygen atoms in total. The lowest BCUT2D eigenvalue weighted by Gasteiger charge is -2.38. The molecule has 3 heterocycles. The van der Waals surface area contributed by atoms with Crippen LogP contribution in [-0.2, 0) is 33.4 Å². The maximum atomic E-state index is 14.5. The lowest BCUT2D eigenvalue weighted by atomic mass is 9.78. The van der Waals surface area contributed by atoms with Gasteiger partial charge in [0.25, 0.3) is 11.7 Å². The number of carboxylic acid groups (broad SMARTS) is 1. The summed E-state index contributed by atoms with van der Waals surface area (Å²) in [5.41, 5.74) is -0.679. The fourth-order valence-corrected chi connectivity index (χ4v) is 8.08. The number of aliphatic hydroxyl groups excluding tert-OH is 2. The molecule has 3 aromatic rings. The molecule has 344 valence electrons. The van der Waals surface area contributed by atoms with E-state index in [9.17, 15) is 49.8 Å². The molecule has 0 saturated carbocycles. The van der Waals surface area contributed by atoms with E-state index in [1.54, 1.807) is 64.1 Å². The topological polar surface area (TPSA) is 260 Å². The molecule has 3 aliphatic rings. The summed E-state index contributed by atoms with van der Waals surface area (Å²) in [4.78, 5) is 58.1. The number of benzene rings is 3. The van der Waals surface area contributed by atoms with Crippen LogP contribution in [0.1, 0.15) is 81.4 Å². The molecule has 0 radical (unpaired) electrons. The molecule has 10 atom stereocenters. The monoisotopic (exact) mass is 888 g/mol.